The van der Waals surface area contributed by atoms with Crippen molar-refractivity contribution in [2.75, 3.05) is 27.4 Å². The van der Waals surface area contributed by atoms with Crippen molar-refractivity contribution < 1.29 is 14.6 Å². The number of hydrogen-bond acceptors (Lipinski definition) is 4. The molecule has 0 aliphatic carbocycles. The number of aliphatic hydroxyl groups excluding tert-OH is 1. The molecular formula is C12H17Br2NO3. The summed E-state index contributed by atoms with van der Waals surface area (Å²) < 4.78 is 12.1. The Morgan fingerprint density at radius 2 is 2.06 bits per heavy atom. The number of rotatable bonds is 7. The molecule has 0 saturated carbocycles. The van der Waals surface area contributed by atoms with Gasteiger partial charge in [-0.05, 0) is 28.1 Å². The number of benzene rings is 1. The first-order valence-electron chi connectivity index (χ1n) is 5.48. The minimum Gasteiger partial charge on any atom is -0.495 e. The fourth-order valence-corrected chi connectivity index (χ4v) is 3.07. The topological polar surface area (TPSA) is 50.7 Å². The van der Waals surface area contributed by atoms with Crippen LogP contribution in [0.4, 0.5) is 0 Å². The van der Waals surface area contributed by atoms with Gasteiger partial charge in [0.15, 0.2) is 0 Å². The normalized spacial score (nSPS) is 12.5. The molecule has 0 aliphatic rings. The Morgan fingerprint density at radius 3 is 2.67 bits per heavy atom. The second-order valence-corrected chi connectivity index (χ2v) is 5.59. The average Bonchev–Trinajstić information content (AvgIpc) is 2.28. The zero-order valence-corrected chi connectivity index (χ0v) is 13.5. The van der Waals surface area contributed by atoms with Crippen LogP contribution in [0.25, 0.3) is 0 Å². The van der Waals surface area contributed by atoms with Gasteiger partial charge in [-0.2, -0.15) is 0 Å². The quantitative estimate of drug-likeness (QED) is 0.759. The Bertz CT molecular complexity index is 388. The highest BCUT2D eigenvalue weighted by Crippen LogP contribution is 2.32. The van der Waals surface area contributed by atoms with Crippen LogP contribution in [0.5, 0.6) is 5.75 Å². The lowest BCUT2D eigenvalue weighted by atomic mass is 10.2. The van der Waals surface area contributed by atoms with Crippen molar-refractivity contribution in [3.63, 3.8) is 0 Å². The summed E-state index contributed by atoms with van der Waals surface area (Å²) in [5.41, 5.74) is 1.02. The van der Waals surface area contributed by atoms with Crippen molar-refractivity contribution in [2.24, 2.45) is 0 Å². The third kappa shape index (κ3) is 4.85. The van der Waals surface area contributed by atoms with E-state index in [4.69, 9.17) is 9.47 Å². The fourth-order valence-electron chi connectivity index (χ4n) is 1.60. The first kappa shape index (κ1) is 15.9. The van der Waals surface area contributed by atoms with E-state index in [2.05, 4.69) is 37.2 Å². The second-order valence-electron chi connectivity index (χ2n) is 3.82. The Kier molecular flexibility index (Phi) is 7.18. The molecule has 1 rings (SSSR count). The van der Waals surface area contributed by atoms with E-state index in [0.29, 0.717) is 19.7 Å². The summed E-state index contributed by atoms with van der Waals surface area (Å²) in [5, 5.41) is 12.7. The Hall–Kier alpha value is -0.140. The number of halogens is 2. The van der Waals surface area contributed by atoms with Crippen LogP contribution in [0.3, 0.4) is 0 Å². The fraction of sp³-hybridized carbons (Fsp3) is 0.500. The third-order valence-electron chi connectivity index (χ3n) is 2.34. The van der Waals surface area contributed by atoms with Gasteiger partial charge in [0.05, 0.1) is 24.3 Å². The monoisotopic (exact) mass is 381 g/mol. The molecule has 6 heteroatoms. The van der Waals surface area contributed by atoms with Crippen molar-refractivity contribution in [3.05, 3.63) is 26.6 Å². The number of aliphatic hydroxyl groups is 1. The molecule has 0 saturated heterocycles. The lowest BCUT2D eigenvalue weighted by Crippen LogP contribution is -2.29. The van der Waals surface area contributed by atoms with Gasteiger partial charge in [0.1, 0.15) is 5.75 Å². The lowest BCUT2D eigenvalue weighted by molar-refractivity contribution is 0.0644. The molecule has 0 radical (unpaired) electrons. The van der Waals surface area contributed by atoms with Crippen LogP contribution in [0.2, 0.25) is 0 Å². The van der Waals surface area contributed by atoms with Crippen LogP contribution < -0.4 is 10.1 Å². The Labute approximate surface area is 124 Å². The van der Waals surface area contributed by atoms with Gasteiger partial charge >= 0.3 is 0 Å². The first-order valence-corrected chi connectivity index (χ1v) is 7.06. The highest BCUT2D eigenvalue weighted by molar-refractivity contribution is 9.11. The number of methoxy groups -OCH3 is 2. The molecule has 0 amide bonds. The van der Waals surface area contributed by atoms with E-state index in [-0.39, 0.29) is 0 Å². The molecule has 1 aromatic carbocycles. The average molecular weight is 383 g/mol. The Morgan fingerprint density at radius 1 is 1.33 bits per heavy atom. The molecule has 1 atom stereocenters. The minimum atomic E-state index is -0.503. The molecule has 18 heavy (non-hydrogen) atoms. The summed E-state index contributed by atoms with van der Waals surface area (Å²) >= 11 is 6.89. The van der Waals surface area contributed by atoms with Gasteiger partial charge in [0, 0.05) is 30.2 Å². The molecule has 0 bridgehead atoms. The summed E-state index contributed by atoms with van der Waals surface area (Å²) in [6.07, 6.45) is -0.503. The molecular weight excluding hydrogens is 366 g/mol. The summed E-state index contributed by atoms with van der Waals surface area (Å²) in [5.74, 6) is 0.798. The molecule has 1 aromatic rings. The minimum absolute atomic E-state index is 0.326. The van der Waals surface area contributed by atoms with Crippen LogP contribution >= 0.6 is 31.9 Å². The molecule has 4 nitrogen and oxygen atoms in total. The first-order chi connectivity index (χ1) is 8.58. The van der Waals surface area contributed by atoms with Gasteiger partial charge in [-0.25, -0.2) is 0 Å². The van der Waals surface area contributed by atoms with Crippen molar-refractivity contribution in [3.8, 4) is 5.75 Å². The number of hydrogen-bond donors (Lipinski definition) is 2. The molecule has 0 aromatic heterocycles. The maximum Gasteiger partial charge on any atom is 0.137 e. The molecule has 2 N–H and O–H groups in total. The van der Waals surface area contributed by atoms with E-state index in [1.54, 1.807) is 14.2 Å². The molecule has 102 valence electrons. The number of nitrogens with one attached hydrogen (secondary N) is 1. The van der Waals surface area contributed by atoms with E-state index in [1.165, 1.54) is 0 Å². The summed E-state index contributed by atoms with van der Waals surface area (Å²) in [7, 11) is 3.20. The van der Waals surface area contributed by atoms with Crippen LogP contribution in [0.1, 0.15) is 5.56 Å². The molecule has 0 heterocycles. The van der Waals surface area contributed by atoms with Gasteiger partial charge in [-0.1, -0.05) is 15.9 Å². The van der Waals surface area contributed by atoms with Gasteiger partial charge in [0.25, 0.3) is 0 Å². The van der Waals surface area contributed by atoms with E-state index < -0.39 is 6.10 Å². The molecule has 0 fully saturated rings. The summed E-state index contributed by atoms with van der Waals surface area (Å²) in [6.45, 7) is 1.41. The van der Waals surface area contributed by atoms with Crippen LogP contribution in [-0.4, -0.2) is 38.6 Å². The van der Waals surface area contributed by atoms with Crippen molar-refractivity contribution in [1.29, 1.82) is 0 Å². The largest absolute Gasteiger partial charge is 0.495 e. The van der Waals surface area contributed by atoms with Crippen molar-refractivity contribution >= 4 is 31.9 Å². The van der Waals surface area contributed by atoms with Gasteiger partial charge in [-0.15, -0.1) is 0 Å². The zero-order valence-electron chi connectivity index (χ0n) is 10.4. The van der Waals surface area contributed by atoms with E-state index >= 15 is 0 Å². The summed E-state index contributed by atoms with van der Waals surface area (Å²) in [6, 6.07) is 3.92. The molecule has 0 aliphatic heterocycles. The second kappa shape index (κ2) is 8.12. The highest BCUT2D eigenvalue weighted by Gasteiger charge is 2.10. The van der Waals surface area contributed by atoms with Crippen LogP contribution in [0.15, 0.2) is 21.1 Å². The Balaban J connectivity index is 2.61. The molecule has 1 unspecified atom stereocenters. The SMILES string of the molecule is COCC(O)CNCc1cc(Br)cc(Br)c1OC. The standard InChI is InChI=1S/C12H17Br2NO3/c1-17-7-10(16)6-15-5-8-3-9(13)4-11(14)12(8)18-2/h3-4,10,15-16H,5-7H2,1-2H3. The maximum absolute atomic E-state index is 9.53. The lowest BCUT2D eigenvalue weighted by Gasteiger charge is -2.14. The van der Waals surface area contributed by atoms with Crippen molar-refractivity contribution in [1.82, 2.24) is 5.32 Å². The molecule has 0 spiro atoms. The van der Waals surface area contributed by atoms with E-state index in [0.717, 1.165) is 20.3 Å². The zero-order chi connectivity index (χ0) is 13.5. The number of ether oxygens (including phenoxy) is 2. The van der Waals surface area contributed by atoms with E-state index in [9.17, 15) is 5.11 Å². The smallest absolute Gasteiger partial charge is 0.137 e. The van der Waals surface area contributed by atoms with Crippen LogP contribution in [-0.2, 0) is 11.3 Å². The third-order valence-corrected chi connectivity index (χ3v) is 3.39. The van der Waals surface area contributed by atoms with E-state index in [1.807, 2.05) is 12.1 Å². The van der Waals surface area contributed by atoms with Crippen molar-refractivity contribution in [2.45, 2.75) is 12.6 Å². The summed E-state index contributed by atoms with van der Waals surface area (Å²) in [4.78, 5) is 0. The van der Waals surface area contributed by atoms with Gasteiger partial charge in [0.2, 0.25) is 0 Å². The van der Waals surface area contributed by atoms with Crippen LogP contribution in [0, 0.1) is 0 Å². The van der Waals surface area contributed by atoms with Gasteiger partial charge in [-0.3, -0.25) is 0 Å². The predicted molar refractivity (Wildman–Crippen MR) is 78.0 cm³/mol. The van der Waals surface area contributed by atoms with Gasteiger partial charge < -0.3 is 19.9 Å². The highest BCUT2D eigenvalue weighted by atomic mass is 79.9. The maximum atomic E-state index is 9.53. The predicted octanol–water partition coefficient (Wildman–Crippen LogP) is 2.32.